The van der Waals surface area contributed by atoms with Gasteiger partial charge in [0.15, 0.2) is 0 Å². The Morgan fingerprint density at radius 1 is 0.719 bits per heavy atom. The molecule has 0 atom stereocenters. The summed E-state index contributed by atoms with van der Waals surface area (Å²) < 4.78 is 0. The lowest BCUT2D eigenvalue weighted by atomic mass is 10.1. The molecule has 2 N–H and O–H groups in total. The Labute approximate surface area is 202 Å². The number of H-pyrrole nitrogens is 2. The lowest BCUT2D eigenvalue weighted by Crippen LogP contribution is -1.84. The molecule has 0 amide bonds. The van der Waals surface area contributed by atoms with E-state index in [1.807, 2.05) is 36.4 Å². The highest BCUT2D eigenvalue weighted by atomic mass is 35.5. The van der Waals surface area contributed by atoms with Gasteiger partial charge in [0.25, 0.3) is 0 Å². The number of aromatic nitrogens is 2. The van der Waals surface area contributed by atoms with Crippen molar-refractivity contribution in [3.05, 3.63) is 76.0 Å². The second-order valence-electron chi connectivity index (χ2n) is 8.34. The van der Waals surface area contributed by atoms with Crippen LogP contribution >= 0.6 is 23.2 Å². The maximum Gasteiger partial charge on any atom is 0.0459 e. The Kier molecular flexibility index (Phi) is 9.77. The van der Waals surface area contributed by atoms with Crippen molar-refractivity contribution in [1.29, 1.82) is 0 Å². The van der Waals surface area contributed by atoms with Crippen molar-refractivity contribution in [2.75, 3.05) is 0 Å². The van der Waals surface area contributed by atoms with Gasteiger partial charge in [-0.2, -0.15) is 0 Å². The topological polar surface area (TPSA) is 31.6 Å². The van der Waals surface area contributed by atoms with Crippen LogP contribution in [0.2, 0.25) is 10.0 Å². The van der Waals surface area contributed by atoms with Crippen molar-refractivity contribution in [3.8, 4) is 0 Å². The van der Waals surface area contributed by atoms with Gasteiger partial charge in [0, 0.05) is 43.2 Å². The Hall–Kier alpha value is -2.16. The SMILES string of the molecule is CCCCC=Cc1cc2cc(Cl)ccc2[nH]1.CCCCCCc1cc2cc(Cl)ccc2[nH]1. The van der Waals surface area contributed by atoms with E-state index >= 15 is 0 Å². The minimum absolute atomic E-state index is 0.785. The normalized spacial score (nSPS) is 11.4. The zero-order chi connectivity index (χ0) is 22.8. The van der Waals surface area contributed by atoms with Crippen LogP contribution in [0.4, 0.5) is 0 Å². The summed E-state index contributed by atoms with van der Waals surface area (Å²) in [5.74, 6) is 0. The molecule has 0 aliphatic rings. The maximum atomic E-state index is 5.96. The van der Waals surface area contributed by atoms with E-state index in [1.165, 1.54) is 60.5 Å². The predicted molar refractivity (Wildman–Crippen MR) is 143 cm³/mol. The highest BCUT2D eigenvalue weighted by molar-refractivity contribution is 6.31. The van der Waals surface area contributed by atoms with Crippen molar-refractivity contribution in [2.24, 2.45) is 0 Å². The fourth-order valence-corrected chi connectivity index (χ4v) is 4.15. The van der Waals surface area contributed by atoms with Crippen LogP contribution in [0.3, 0.4) is 0 Å². The van der Waals surface area contributed by atoms with E-state index in [9.17, 15) is 0 Å². The Bertz CT molecular complexity index is 1140. The van der Waals surface area contributed by atoms with E-state index < -0.39 is 0 Å². The number of rotatable bonds is 9. The summed E-state index contributed by atoms with van der Waals surface area (Å²) in [4.78, 5) is 6.80. The van der Waals surface area contributed by atoms with Gasteiger partial charge in [0.2, 0.25) is 0 Å². The van der Waals surface area contributed by atoms with Crippen LogP contribution in [0.25, 0.3) is 27.9 Å². The summed E-state index contributed by atoms with van der Waals surface area (Å²) in [6.45, 7) is 4.45. The first-order valence-electron chi connectivity index (χ1n) is 11.8. The average Bonchev–Trinajstić information content (AvgIpc) is 3.37. The van der Waals surface area contributed by atoms with Crippen molar-refractivity contribution >= 4 is 51.1 Å². The summed E-state index contributed by atoms with van der Waals surface area (Å²) >= 11 is 11.9. The first-order valence-corrected chi connectivity index (χ1v) is 12.6. The number of hydrogen-bond acceptors (Lipinski definition) is 0. The summed E-state index contributed by atoms with van der Waals surface area (Å²) in [6, 6.07) is 16.2. The van der Waals surface area contributed by atoms with Crippen molar-refractivity contribution in [2.45, 2.75) is 65.2 Å². The number of hydrogen-bond donors (Lipinski definition) is 2. The van der Waals surface area contributed by atoms with Crippen LogP contribution in [0.5, 0.6) is 0 Å². The van der Waals surface area contributed by atoms with E-state index in [1.54, 1.807) is 0 Å². The average molecular weight is 470 g/mol. The fraction of sp³-hybridized carbons (Fsp3) is 0.357. The van der Waals surface area contributed by atoms with E-state index in [-0.39, 0.29) is 0 Å². The predicted octanol–water partition coefficient (Wildman–Crippen LogP) is 9.97. The van der Waals surface area contributed by atoms with Crippen molar-refractivity contribution in [1.82, 2.24) is 9.97 Å². The van der Waals surface area contributed by atoms with E-state index in [0.717, 1.165) is 34.1 Å². The highest BCUT2D eigenvalue weighted by Crippen LogP contribution is 2.22. The second kappa shape index (κ2) is 12.8. The van der Waals surface area contributed by atoms with Gasteiger partial charge < -0.3 is 9.97 Å². The summed E-state index contributed by atoms with van der Waals surface area (Å²) in [7, 11) is 0. The quantitative estimate of drug-likeness (QED) is 0.229. The first-order chi connectivity index (χ1) is 15.6. The van der Waals surface area contributed by atoms with Gasteiger partial charge in [-0.25, -0.2) is 0 Å². The van der Waals surface area contributed by atoms with Crippen molar-refractivity contribution in [3.63, 3.8) is 0 Å². The van der Waals surface area contributed by atoms with Crippen LogP contribution < -0.4 is 0 Å². The third-order valence-electron chi connectivity index (χ3n) is 5.56. The van der Waals surface area contributed by atoms with E-state index in [4.69, 9.17) is 23.2 Å². The van der Waals surface area contributed by atoms with Gasteiger partial charge in [-0.05, 0) is 73.9 Å². The lowest BCUT2D eigenvalue weighted by molar-refractivity contribution is 0.662. The number of fused-ring (bicyclic) bond motifs is 2. The minimum atomic E-state index is 0.785. The standard InChI is InChI=1S/C14H18ClN.C14H16ClN/c2*1-2-3-4-5-6-13-10-11-9-12(15)7-8-14(11)16-13/h7-10,16H,2-6H2,1H3;5-10,16H,2-4H2,1H3. The third kappa shape index (κ3) is 7.46. The Morgan fingerprint density at radius 2 is 1.38 bits per heavy atom. The highest BCUT2D eigenvalue weighted by Gasteiger charge is 2.01. The Morgan fingerprint density at radius 3 is 2.06 bits per heavy atom. The van der Waals surface area contributed by atoms with E-state index in [2.05, 4.69) is 48.1 Å². The van der Waals surface area contributed by atoms with Crippen LogP contribution in [0.1, 0.15) is 70.2 Å². The molecule has 4 rings (SSSR count). The molecule has 0 saturated heterocycles. The number of aryl methyl sites for hydroxylation is 1. The smallest absolute Gasteiger partial charge is 0.0459 e. The molecule has 0 aliphatic heterocycles. The number of aromatic amines is 2. The largest absolute Gasteiger partial charge is 0.358 e. The number of nitrogens with one attached hydrogen (secondary N) is 2. The van der Waals surface area contributed by atoms with Gasteiger partial charge in [-0.15, -0.1) is 0 Å². The molecule has 0 radical (unpaired) electrons. The molecule has 0 aliphatic carbocycles. The van der Waals surface area contributed by atoms with Crippen LogP contribution in [0, 0.1) is 0 Å². The molecule has 2 heterocycles. The maximum absolute atomic E-state index is 5.96. The van der Waals surface area contributed by atoms with Gasteiger partial charge in [-0.1, -0.05) is 75.2 Å². The number of allylic oxidation sites excluding steroid dienone is 1. The zero-order valence-electron chi connectivity index (χ0n) is 19.2. The molecule has 32 heavy (non-hydrogen) atoms. The molecule has 0 spiro atoms. The molecule has 170 valence electrons. The third-order valence-corrected chi connectivity index (χ3v) is 6.03. The summed E-state index contributed by atoms with van der Waals surface area (Å²) in [5, 5.41) is 3.98. The van der Waals surface area contributed by atoms with Crippen LogP contribution in [-0.2, 0) is 6.42 Å². The summed E-state index contributed by atoms with van der Waals surface area (Å²) in [5.41, 5.74) is 4.80. The molecular weight excluding hydrogens is 435 g/mol. The zero-order valence-corrected chi connectivity index (χ0v) is 20.7. The molecule has 0 bridgehead atoms. The Balaban J connectivity index is 0.000000181. The fourth-order valence-electron chi connectivity index (χ4n) is 3.79. The number of halogens is 2. The van der Waals surface area contributed by atoms with Gasteiger partial charge >= 0.3 is 0 Å². The van der Waals surface area contributed by atoms with Gasteiger partial charge in [-0.3, -0.25) is 0 Å². The molecule has 0 saturated carbocycles. The van der Waals surface area contributed by atoms with Gasteiger partial charge in [0.05, 0.1) is 0 Å². The number of benzene rings is 2. The van der Waals surface area contributed by atoms with Gasteiger partial charge in [0.1, 0.15) is 0 Å². The molecule has 2 aromatic heterocycles. The van der Waals surface area contributed by atoms with Crippen LogP contribution in [-0.4, -0.2) is 9.97 Å². The molecule has 0 unspecified atom stereocenters. The molecule has 4 aromatic rings. The lowest BCUT2D eigenvalue weighted by Gasteiger charge is -1.96. The second-order valence-corrected chi connectivity index (χ2v) is 9.21. The van der Waals surface area contributed by atoms with Crippen molar-refractivity contribution < 1.29 is 0 Å². The molecule has 2 nitrogen and oxygen atoms in total. The van der Waals surface area contributed by atoms with Crippen LogP contribution in [0.15, 0.2) is 54.6 Å². The number of unbranched alkanes of at least 4 members (excludes halogenated alkanes) is 5. The molecule has 4 heteroatoms. The summed E-state index contributed by atoms with van der Waals surface area (Å²) in [6.07, 6.45) is 14.4. The monoisotopic (exact) mass is 468 g/mol. The van der Waals surface area contributed by atoms with E-state index in [0.29, 0.717) is 0 Å². The molecule has 2 aromatic carbocycles. The minimum Gasteiger partial charge on any atom is -0.358 e. The molecule has 0 fully saturated rings. The molecular formula is C28H34Cl2N2. The first kappa shape index (κ1) is 24.5.